The summed E-state index contributed by atoms with van der Waals surface area (Å²) in [5.74, 6) is 1.71. The summed E-state index contributed by atoms with van der Waals surface area (Å²) in [6, 6.07) is 24.5. The highest BCUT2D eigenvalue weighted by molar-refractivity contribution is 6.06. The number of benzene rings is 2. The van der Waals surface area contributed by atoms with Crippen LogP contribution >= 0.6 is 0 Å². The lowest BCUT2D eigenvalue weighted by molar-refractivity contribution is 0.413. The zero-order valence-electron chi connectivity index (χ0n) is 17.7. The molecule has 0 fully saturated rings. The molecule has 0 spiro atoms. The molecule has 1 atom stereocenters. The van der Waals surface area contributed by atoms with Gasteiger partial charge in [0.2, 0.25) is 0 Å². The summed E-state index contributed by atoms with van der Waals surface area (Å²) in [5, 5.41) is 5.01. The van der Waals surface area contributed by atoms with Crippen LogP contribution in [0.2, 0.25) is 0 Å². The maximum atomic E-state index is 5.65. The molecule has 0 bridgehead atoms. The molecular formula is C26H24N4O. The highest BCUT2D eigenvalue weighted by Crippen LogP contribution is 2.42. The van der Waals surface area contributed by atoms with Gasteiger partial charge in [-0.1, -0.05) is 55.5 Å². The van der Waals surface area contributed by atoms with Gasteiger partial charge in [0.25, 0.3) is 0 Å². The van der Waals surface area contributed by atoms with Crippen molar-refractivity contribution in [2.75, 3.05) is 7.11 Å². The Labute approximate surface area is 182 Å². The number of aliphatic imine (C=N–C) groups is 1. The normalized spacial score (nSPS) is 15.3. The number of ether oxygens (including phenoxy) is 1. The second-order valence-electron chi connectivity index (χ2n) is 7.54. The van der Waals surface area contributed by atoms with Crippen LogP contribution in [0.25, 0.3) is 11.1 Å². The van der Waals surface area contributed by atoms with E-state index in [9.17, 15) is 0 Å². The van der Waals surface area contributed by atoms with Crippen molar-refractivity contribution in [3.63, 3.8) is 0 Å². The quantitative estimate of drug-likeness (QED) is 0.430. The zero-order valence-corrected chi connectivity index (χ0v) is 17.7. The van der Waals surface area contributed by atoms with E-state index < -0.39 is 0 Å². The molecule has 0 N–H and O–H groups in total. The second kappa shape index (κ2) is 8.19. The zero-order chi connectivity index (χ0) is 21.2. The van der Waals surface area contributed by atoms with Crippen molar-refractivity contribution in [2.24, 2.45) is 4.99 Å². The van der Waals surface area contributed by atoms with E-state index >= 15 is 0 Å². The Kier molecular flexibility index (Phi) is 5.08. The minimum absolute atomic E-state index is 0.0311. The van der Waals surface area contributed by atoms with Crippen molar-refractivity contribution in [2.45, 2.75) is 25.8 Å². The van der Waals surface area contributed by atoms with Gasteiger partial charge in [-0.25, -0.2) is 9.67 Å². The van der Waals surface area contributed by atoms with Crippen LogP contribution in [-0.4, -0.2) is 27.6 Å². The maximum Gasteiger partial charge on any atom is 0.159 e. The molecule has 3 heterocycles. The van der Waals surface area contributed by atoms with Gasteiger partial charge in [0.1, 0.15) is 11.8 Å². The Morgan fingerprint density at radius 3 is 2.48 bits per heavy atom. The van der Waals surface area contributed by atoms with Crippen LogP contribution in [0.1, 0.15) is 36.3 Å². The monoisotopic (exact) mass is 408 g/mol. The summed E-state index contributed by atoms with van der Waals surface area (Å²) < 4.78 is 7.71. The number of fused-ring (bicyclic) bond motifs is 1. The van der Waals surface area contributed by atoms with Crippen LogP contribution in [0.15, 0.2) is 84.0 Å². The van der Waals surface area contributed by atoms with E-state index in [0.29, 0.717) is 6.42 Å². The Hall–Kier alpha value is -3.73. The Morgan fingerprint density at radius 2 is 1.74 bits per heavy atom. The second-order valence-corrected chi connectivity index (χ2v) is 7.54. The molecule has 2 aromatic carbocycles. The molecule has 2 aromatic heterocycles. The van der Waals surface area contributed by atoms with Crippen molar-refractivity contribution in [3.8, 4) is 16.9 Å². The molecule has 4 aromatic rings. The van der Waals surface area contributed by atoms with E-state index in [1.54, 1.807) is 7.11 Å². The molecule has 0 radical (unpaired) electrons. The van der Waals surface area contributed by atoms with Crippen LogP contribution < -0.4 is 4.74 Å². The molecule has 0 amide bonds. The lowest BCUT2D eigenvalue weighted by Gasteiger charge is -2.25. The molecule has 154 valence electrons. The first-order valence-corrected chi connectivity index (χ1v) is 10.6. The predicted octanol–water partition coefficient (Wildman–Crippen LogP) is 5.63. The molecule has 0 aliphatic carbocycles. The molecule has 5 rings (SSSR count). The summed E-state index contributed by atoms with van der Waals surface area (Å²) in [4.78, 5) is 9.82. The van der Waals surface area contributed by atoms with Gasteiger partial charge < -0.3 is 4.74 Å². The van der Waals surface area contributed by atoms with E-state index in [0.717, 1.165) is 51.8 Å². The molecule has 1 aliphatic rings. The van der Waals surface area contributed by atoms with Crippen molar-refractivity contribution in [3.05, 3.63) is 95.9 Å². The fraction of sp³-hybridized carbons (Fsp3) is 0.192. The molecule has 0 unspecified atom stereocenters. The van der Waals surface area contributed by atoms with Gasteiger partial charge in [-0.05, 0) is 36.2 Å². The number of aromatic nitrogens is 3. The Bertz CT molecular complexity index is 1230. The fourth-order valence-electron chi connectivity index (χ4n) is 4.24. The lowest BCUT2D eigenvalue weighted by Crippen LogP contribution is -2.22. The Balaban J connectivity index is 1.76. The van der Waals surface area contributed by atoms with E-state index in [2.05, 4.69) is 53.0 Å². The molecule has 0 saturated heterocycles. The number of rotatable bonds is 5. The van der Waals surface area contributed by atoms with Crippen molar-refractivity contribution >= 4 is 11.5 Å². The smallest absolute Gasteiger partial charge is 0.159 e. The third kappa shape index (κ3) is 3.42. The van der Waals surface area contributed by atoms with Gasteiger partial charge in [-0.15, -0.1) is 0 Å². The molecule has 31 heavy (non-hydrogen) atoms. The highest BCUT2D eigenvalue weighted by atomic mass is 16.5. The topological polar surface area (TPSA) is 52.3 Å². The van der Waals surface area contributed by atoms with Crippen LogP contribution in [-0.2, 0) is 6.42 Å². The van der Waals surface area contributed by atoms with E-state index in [-0.39, 0.29) is 6.04 Å². The SMILES string of the molecule is CCc1nn2c(c1-c1ccccc1)N=C(c1ccccc1OC)C[C@@H]2c1ccccn1. The largest absolute Gasteiger partial charge is 0.496 e. The van der Waals surface area contributed by atoms with E-state index in [1.807, 2.05) is 42.6 Å². The number of para-hydroxylation sites is 1. The van der Waals surface area contributed by atoms with Crippen LogP contribution in [0.3, 0.4) is 0 Å². The minimum Gasteiger partial charge on any atom is -0.496 e. The first-order valence-electron chi connectivity index (χ1n) is 10.6. The van der Waals surface area contributed by atoms with Gasteiger partial charge >= 0.3 is 0 Å². The minimum atomic E-state index is -0.0311. The van der Waals surface area contributed by atoms with Crippen molar-refractivity contribution in [1.29, 1.82) is 0 Å². The first-order chi connectivity index (χ1) is 15.3. The molecular weight excluding hydrogens is 384 g/mol. The van der Waals surface area contributed by atoms with Gasteiger partial charge in [0.15, 0.2) is 5.82 Å². The number of aryl methyl sites for hydroxylation is 1. The third-order valence-electron chi connectivity index (χ3n) is 5.72. The van der Waals surface area contributed by atoms with Crippen LogP contribution in [0.4, 0.5) is 5.82 Å². The highest BCUT2D eigenvalue weighted by Gasteiger charge is 2.31. The summed E-state index contributed by atoms with van der Waals surface area (Å²) in [6.07, 6.45) is 3.37. The summed E-state index contributed by atoms with van der Waals surface area (Å²) in [5.41, 5.74) is 6.25. The predicted molar refractivity (Wildman–Crippen MR) is 123 cm³/mol. The summed E-state index contributed by atoms with van der Waals surface area (Å²) in [7, 11) is 1.70. The average Bonchev–Trinajstić information content (AvgIpc) is 3.23. The standard InChI is InChI=1S/C26H24N4O/c1-3-20-25(18-11-5-4-6-12-18)26-28-22(19-13-7-8-15-24(19)31-2)17-23(30(26)29-20)21-14-9-10-16-27-21/h4-16,23H,3,17H2,1-2H3/t23-/m1/s1. The number of nitrogens with zero attached hydrogens (tertiary/aromatic N) is 4. The van der Waals surface area contributed by atoms with Crippen LogP contribution in [0.5, 0.6) is 5.75 Å². The molecule has 0 saturated carbocycles. The van der Waals surface area contributed by atoms with Crippen LogP contribution in [0, 0.1) is 0 Å². The lowest BCUT2D eigenvalue weighted by atomic mass is 9.97. The van der Waals surface area contributed by atoms with E-state index in [1.165, 1.54) is 0 Å². The number of methoxy groups -OCH3 is 1. The molecule has 1 aliphatic heterocycles. The summed E-state index contributed by atoms with van der Waals surface area (Å²) >= 11 is 0. The fourth-order valence-corrected chi connectivity index (χ4v) is 4.24. The first kappa shape index (κ1) is 19.2. The number of pyridine rings is 1. The number of hydrogen-bond acceptors (Lipinski definition) is 4. The Morgan fingerprint density at radius 1 is 0.968 bits per heavy atom. The van der Waals surface area contributed by atoms with Gasteiger partial charge in [0, 0.05) is 23.7 Å². The number of hydrogen-bond donors (Lipinski definition) is 0. The van der Waals surface area contributed by atoms with Gasteiger partial charge in [-0.3, -0.25) is 4.98 Å². The summed E-state index contributed by atoms with van der Waals surface area (Å²) in [6.45, 7) is 2.14. The average molecular weight is 409 g/mol. The van der Waals surface area contributed by atoms with Gasteiger partial charge in [0.05, 0.1) is 24.2 Å². The van der Waals surface area contributed by atoms with Crippen molar-refractivity contribution < 1.29 is 4.74 Å². The molecule has 5 heteroatoms. The molecule has 5 nitrogen and oxygen atoms in total. The third-order valence-corrected chi connectivity index (χ3v) is 5.72. The van der Waals surface area contributed by atoms with E-state index in [4.69, 9.17) is 14.8 Å². The maximum absolute atomic E-state index is 5.65. The van der Waals surface area contributed by atoms with Gasteiger partial charge in [-0.2, -0.15) is 5.10 Å². The van der Waals surface area contributed by atoms with Crippen molar-refractivity contribution in [1.82, 2.24) is 14.8 Å².